The minimum atomic E-state index is -0.482. The van der Waals surface area contributed by atoms with Crippen LogP contribution in [0.5, 0.6) is 0 Å². The van der Waals surface area contributed by atoms with E-state index in [9.17, 15) is 10.1 Å². The molecular weight excluding hydrogens is 276 g/mol. The standard InChI is InChI=1S/C15H15ClN2O2/c1-10-5-11(2)7-12(6-10)9-17-13-3-4-14(16)15(8-13)18(19)20/h3-8,17H,9H2,1-2H3. The highest BCUT2D eigenvalue weighted by atomic mass is 35.5. The molecule has 20 heavy (non-hydrogen) atoms. The molecule has 2 aromatic carbocycles. The van der Waals surface area contributed by atoms with Crippen molar-refractivity contribution in [1.82, 2.24) is 0 Å². The molecular formula is C15H15ClN2O2. The molecule has 0 saturated carbocycles. The normalized spacial score (nSPS) is 10.3. The van der Waals surface area contributed by atoms with Crippen LogP contribution < -0.4 is 5.32 Å². The van der Waals surface area contributed by atoms with Crippen molar-refractivity contribution in [2.75, 3.05) is 5.32 Å². The summed E-state index contributed by atoms with van der Waals surface area (Å²) in [6.07, 6.45) is 0. The maximum absolute atomic E-state index is 10.8. The van der Waals surface area contributed by atoms with Gasteiger partial charge in [-0.2, -0.15) is 0 Å². The fraction of sp³-hybridized carbons (Fsp3) is 0.200. The fourth-order valence-electron chi connectivity index (χ4n) is 2.14. The molecule has 0 aliphatic heterocycles. The van der Waals surface area contributed by atoms with Crippen molar-refractivity contribution >= 4 is 23.0 Å². The highest BCUT2D eigenvalue weighted by molar-refractivity contribution is 6.32. The first-order valence-corrected chi connectivity index (χ1v) is 6.58. The van der Waals surface area contributed by atoms with Gasteiger partial charge in [-0.3, -0.25) is 10.1 Å². The summed E-state index contributed by atoms with van der Waals surface area (Å²) in [5.74, 6) is 0. The zero-order valence-corrected chi connectivity index (χ0v) is 12.1. The second kappa shape index (κ2) is 5.92. The van der Waals surface area contributed by atoms with Gasteiger partial charge < -0.3 is 5.32 Å². The van der Waals surface area contributed by atoms with E-state index in [1.54, 1.807) is 6.07 Å². The van der Waals surface area contributed by atoms with Crippen molar-refractivity contribution in [3.63, 3.8) is 0 Å². The van der Waals surface area contributed by atoms with Gasteiger partial charge in [0.25, 0.3) is 5.69 Å². The van der Waals surface area contributed by atoms with Crippen LogP contribution in [0.3, 0.4) is 0 Å². The van der Waals surface area contributed by atoms with Crippen LogP contribution in [0.1, 0.15) is 16.7 Å². The van der Waals surface area contributed by atoms with Gasteiger partial charge in [0.2, 0.25) is 0 Å². The van der Waals surface area contributed by atoms with Crippen LogP contribution in [0, 0.1) is 24.0 Å². The number of nitro benzene ring substituents is 1. The third-order valence-electron chi connectivity index (χ3n) is 2.92. The van der Waals surface area contributed by atoms with Gasteiger partial charge in [-0.05, 0) is 31.5 Å². The van der Waals surface area contributed by atoms with E-state index in [1.807, 2.05) is 13.8 Å². The number of nitrogens with one attached hydrogen (secondary N) is 1. The lowest BCUT2D eigenvalue weighted by molar-refractivity contribution is -0.384. The lowest BCUT2D eigenvalue weighted by Gasteiger charge is -2.08. The molecule has 0 saturated heterocycles. The van der Waals surface area contributed by atoms with Gasteiger partial charge in [0, 0.05) is 18.3 Å². The van der Waals surface area contributed by atoms with E-state index in [-0.39, 0.29) is 10.7 Å². The molecule has 1 N–H and O–H groups in total. The van der Waals surface area contributed by atoms with E-state index in [2.05, 4.69) is 23.5 Å². The molecule has 0 amide bonds. The monoisotopic (exact) mass is 290 g/mol. The molecule has 4 nitrogen and oxygen atoms in total. The fourth-order valence-corrected chi connectivity index (χ4v) is 2.32. The van der Waals surface area contributed by atoms with Gasteiger partial charge in [0.05, 0.1) is 4.92 Å². The molecule has 0 fully saturated rings. The molecule has 0 unspecified atom stereocenters. The van der Waals surface area contributed by atoms with Gasteiger partial charge in [-0.1, -0.05) is 40.9 Å². The minimum Gasteiger partial charge on any atom is -0.381 e. The van der Waals surface area contributed by atoms with E-state index in [1.165, 1.54) is 23.3 Å². The Morgan fingerprint density at radius 1 is 1.15 bits per heavy atom. The summed E-state index contributed by atoms with van der Waals surface area (Å²) >= 11 is 5.78. The highest BCUT2D eigenvalue weighted by Gasteiger charge is 2.12. The number of aryl methyl sites for hydroxylation is 2. The molecule has 0 aromatic heterocycles. The third-order valence-corrected chi connectivity index (χ3v) is 3.24. The van der Waals surface area contributed by atoms with E-state index < -0.39 is 4.92 Å². The average molecular weight is 291 g/mol. The Hall–Kier alpha value is -2.07. The first kappa shape index (κ1) is 14.3. The zero-order valence-electron chi connectivity index (χ0n) is 11.3. The Kier molecular flexibility index (Phi) is 4.25. The topological polar surface area (TPSA) is 55.2 Å². The second-order valence-corrected chi connectivity index (χ2v) is 5.18. The van der Waals surface area contributed by atoms with Crippen molar-refractivity contribution in [2.45, 2.75) is 20.4 Å². The Balaban J connectivity index is 2.14. The second-order valence-electron chi connectivity index (χ2n) is 4.77. The Morgan fingerprint density at radius 2 is 1.80 bits per heavy atom. The predicted molar refractivity (Wildman–Crippen MR) is 81.3 cm³/mol. The SMILES string of the molecule is Cc1cc(C)cc(CNc2ccc(Cl)c([N+](=O)[O-])c2)c1. The molecule has 2 aromatic rings. The van der Waals surface area contributed by atoms with Crippen LogP contribution in [0.4, 0.5) is 11.4 Å². The highest BCUT2D eigenvalue weighted by Crippen LogP contribution is 2.27. The number of halogens is 1. The van der Waals surface area contributed by atoms with Gasteiger partial charge in [-0.25, -0.2) is 0 Å². The number of nitro groups is 1. The van der Waals surface area contributed by atoms with Crippen molar-refractivity contribution in [2.24, 2.45) is 0 Å². The number of rotatable bonds is 4. The molecule has 0 radical (unpaired) electrons. The first-order chi connectivity index (χ1) is 9.45. The predicted octanol–water partition coefficient (Wildman–Crippen LogP) is 4.48. The number of hydrogen-bond acceptors (Lipinski definition) is 3. The van der Waals surface area contributed by atoms with Crippen LogP contribution >= 0.6 is 11.6 Å². The van der Waals surface area contributed by atoms with Crippen molar-refractivity contribution < 1.29 is 4.92 Å². The Labute approximate surface area is 122 Å². The van der Waals surface area contributed by atoms with E-state index in [0.717, 1.165) is 5.56 Å². The van der Waals surface area contributed by atoms with Crippen LogP contribution in [-0.4, -0.2) is 4.92 Å². The Bertz CT molecular complexity index is 636. The maximum atomic E-state index is 10.8. The quantitative estimate of drug-likeness (QED) is 0.667. The number of nitrogens with zero attached hydrogens (tertiary/aromatic N) is 1. The summed E-state index contributed by atoms with van der Waals surface area (Å²) in [5.41, 5.74) is 4.13. The molecule has 5 heteroatoms. The van der Waals surface area contributed by atoms with Gasteiger partial charge in [0.15, 0.2) is 0 Å². The third kappa shape index (κ3) is 3.48. The summed E-state index contributed by atoms with van der Waals surface area (Å²) in [5, 5.41) is 14.2. The molecule has 0 aliphatic carbocycles. The summed E-state index contributed by atoms with van der Waals surface area (Å²) in [4.78, 5) is 10.3. The van der Waals surface area contributed by atoms with Crippen molar-refractivity contribution in [3.8, 4) is 0 Å². The lowest BCUT2D eigenvalue weighted by Crippen LogP contribution is -2.01. The van der Waals surface area contributed by atoms with Gasteiger partial charge in [0.1, 0.15) is 5.02 Å². The number of benzene rings is 2. The Morgan fingerprint density at radius 3 is 2.40 bits per heavy atom. The smallest absolute Gasteiger partial charge is 0.289 e. The van der Waals surface area contributed by atoms with Crippen LogP contribution in [0.15, 0.2) is 36.4 Å². The number of anilines is 1. The van der Waals surface area contributed by atoms with Crippen LogP contribution in [0.2, 0.25) is 5.02 Å². The van der Waals surface area contributed by atoms with Crippen LogP contribution in [0.25, 0.3) is 0 Å². The molecule has 104 valence electrons. The number of hydrogen-bond donors (Lipinski definition) is 1. The first-order valence-electron chi connectivity index (χ1n) is 6.20. The van der Waals surface area contributed by atoms with E-state index in [4.69, 9.17) is 11.6 Å². The molecule has 2 rings (SSSR count). The zero-order chi connectivity index (χ0) is 14.7. The van der Waals surface area contributed by atoms with E-state index >= 15 is 0 Å². The summed E-state index contributed by atoms with van der Waals surface area (Å²) in [6, 6.07) is 11.0. The molecule has 0 atom stereocenters. The molecule has 0 spiro atoms. The summed E-state index contributed by atoms with van der Waals surface area (Å²) in [7, 11) is 0. The average Bonchev–Trinajstić information content (AvgIpc) is 2.36. The minimum absolute atomic E-state index is 0.0860. The van der Waals surface area contributed by atoms with Crippen molar-refractivity contribution in [3.05, 3.63) is 68.2 Å². The van der Waals surface area contributed by atoms with Crippen LogP contribution in [-0.2, 0) is 6.54 Å². The van der Waals surface area contributed by atoms with E-state index in [0.29, 0.717) is 12.2 Å². The summed E-state index contributed by atoms with van der Waals surface area (Å²) in [6.45, 7) is 4.70. The maximum Gasteiger partial charge on any atom is 0.289 e. The largest absolute Gasteiger partial charge is 0.381 e. The molecule has 0 aliphatic rings. The summed E-state index contributed by atoms with van der Waals surface area (Å²) < 4.78 is 0. The van der Waals surface area contributed by atoms with Crippen molar-refractivity contribution in [1.29, 1.82) is 0 Å². The lowest BCUT2D eigenvalue weighted by atomic mass is 10.1. The molecule has 0 bridgehead atoms. The molecule has 0 heterocycles. The van der Waals surface area contributed by atoms with Gasteiger partial charge in [-0.15, -0.1) is 0 Å². The van der Waals surface area contributed by atoms with Gasteiger partial charge >= 0.3 is 0 Å².